The van der Waals surface area contributed by atoms with Gasteiger partial charge in [0.25, 0.3) is 0 Å². The van der Waals surface area contributed by atoms with Gasteiger partial charge in [0.05, 0.1) is 32.1 Å². The van der Waals surface area contributed by atoms with Crippen LogP contribution in [0, 0.1) is 0 Å². The lowest BCUT2D eigenvalue weighted by molar-refractivity contribution is 0.00578. The summed E-state index contributed by atoms with van der Waals surface area (Å²) in [5.74, 6) is 0. The van der Waals surface area contributed by atoms with Crippen molar-refractivity contribution in [1.29, 1.82) is 0 Å². The van der Waals surface area contributed by atoms with Gasteiger partial charge >= 0.3 is 7.12 Å². The van der Waals surface area contributed by atoms with Crippen LogP contribution >= 0.6 is 0 Å². The maximum atomic E-state index is 8.20. The highest BCUT2D eigenvalue weighted by Gasteiger charge is 2.52. The van der Waals surface area contributed by atoms with Crippen LogP contribution in [0.3, 0.4) is 0 Å². The molecule has 0 unspecified atom stereocenters. The fourth-order valence-corrected chi connectivity index (χ4v) is 1.87. The average molecular weight is 277 g/mol. The SMILES string of the molecule is [2H]c1nn(-c2c([2H])c([2H])c([2H])c([2H])c2[2H])c(B2OC(C)(C)C(C)(C)O2)c1[2H]. The molecule has 0 aliphatic carbocycles. The quantitative estimate of drug-likeness (QED) is 0.789. The van der Waals surface area contributed by atoms with E-state index in [0.717, 1.165) is 4.68 Å². The highest BCUT2D eigenvalue weighted by molar-refractivity contribution is 6.61. The zero-order chi connectivity index (χ0) is 20.5. The molecular weight excluding hydrogens is 251 g/mol. The van der Waals surface area contributed by atoms with Crippen molar-refractivity contribution >= 4 is 12.7 Å². The Balaban J connectivity index is 2.27. The summed E-state index contributed by atoms with van der Waals surface area (Å²) in [6, 6.07) is -2.85. The molecule has 5 heteroatoms. The van der Waals surface area contributed by atoms with Crippen LogP contribution in [0.25, 0.3) is 5.69 Å². The predicted molar refractivity (Wildman–Crippen MR) is 79.3 cm³/mol. The van der Waals surface area contributed by atoms with Gasteiger partial charge in [0.2, 0.25) is 0 Å². The molecule has 104 valence electrons. The molecule has 0 N–H and O–H groups in total. The molecule has 2 aromatic rings. The van der Waals surface area contributed by atoms with Gasteiger partial charge in [-0.2, -0.15) is 5.10 Å². The van der Waals surface area contributed by atoms with Crippen molar-refractivity contribution in [2.24, 2.45) is 0 Å². The minimum absolute atomic E-state index is 0.0113. The summed E-state index contributed by atoms with van der Waals surface area (Å²) < 4.78 is 68.6. The van der Waals surface area contributed by atoms with Crippen LogP contribution in [0.2, 0.25) is 0 Å². The second-order valence-corrected chi connectivity index (χ2v) is 5.60. The molecule has 4 nitrogen and oxygen atoms in total. The van der Waals surface area contributed by atoms with Gasteiger partial charge in [-0.3, -0.25) is 0 Å². The van der Waals surface area contributed by atoms with Crippen molar-refractivity contribution < 1.29 is 18.9 Å². The third-order valence-electron chi connectivity index (χ3n) is 3.74. The Morgan fingerprint density at radius 2 is 1.65 bits per heavy atom. The lowest BCUT2D eigenvalue weighted by Crippen LogP contribution is -2.41. The van der Waals surface area contributed by atoms with Crippen LogP contribution in [-0.2, 0) is 9.31 Å². The van der Waals surface area contributed by atoms with Crippen molar-refractivity contribution in [1.82, 2.24) is 9.78 Å². The lowest BCUT2D eigenvalue weighted by Gasteiger charge is -2.32. The highest BCUT2D eigenvalue weighted by Crippen LogP contribution is 2.36. The first-order chi connectivity index (χ1) is 12.3. The van der Waals surface area contributed by atoms with E-state index < -0.39 is 54.7 Å². The Labute approximate surface area is 129 Å². The number of benzene rings is 1. The molecule has 0 radical (unpaired) electrons. The number of hydrogen-bond acceptors (Lipinski definition) is 3. The molecule has 3 rings (SSSR count). The van der Waals surface area contributed by atoms with Gasteiger partial charge in [-0.05, 0) is 45.8 Å². The highest BCUT2D eigenvalue weighted by atomic mass is 16.7. The Morgan fingerprint density at radius 1 is 1.05 bits per heavy atom. The number of aromatic nitrogens is 2. The fraction of sp³-hybridized carbons (Fsp3) is 0.400. The van der Waals surface area contributed by atoms with E-state index in [1.54, 1.807) is 0 Å². The Kier molecular flexibility index (Phi) is 1.66. The molecule has 1 aromatic heterocycles. The van der Waals surface area contributed by atoms with Crippen molar-refractivity contribution in [2.75, 3.05) is 0 Å². The second-order valence-electron chi connectivity index (χ2n) is 5.60. The Hall–Kier alpha value is -1.59. The van der Waals surface area contributed by atoms with E-state index in [9.17, 15) is 0 Å². The molecule has 1 aliphatic heterocycles. The van der Waals surface area contributed by atoms with Gasteiger partial charge < -0.3 is 9.31 Å². The van der Waals surface area contributed by atoms with E-state index in [-0.39, 0.29) is 17.3 Å². The zero-order valence-corrected chi connectivity index (χ0v) is 11.8. The van der Waals surface area contributed by atoms with Gasteiger partial charge in [0.1, 0.15) is 0 Å². The number of nitrogens with zero attached hydrogens (tertiary/aromatic N) is 2. The van der Waals surface area contributed by atoms with Gasteiger partial charge in [-0.15, -0.1) is 0 Å². The minimum Gasteiger partial charge on any atom is -0.398 e. The summed E-state index contributed by atoms with van der Waals surface area (Å²) in [6.07, 6.45) is -0.411. The molecule has 0 atom stereocenters. The van der Waals surface area contributed by atoms with Gasteiger partial charge in [-0.1, -0.05) is 18.1 Å². The molecule has 1 fully saturated rings. The van der Waals surface area contributed by atoms with Crippen molar-refractivity contribution in [2.45, 2.75) is 38.9 Å². The molecule has 0 spiro atoms. The summed E-state index contributed by atoms with van der Waals surface area (Å²) in [6.45, 7) is 7.29. The van der Waals surface area contributed by atoms with E-state index in [2.05, 4.69) is 5.10 Å². The first kappa shape index (κ1) is 7.43. The minimum atomic E-state index is -1.08. The average Bonchev–Trinajstić information content (AvgIpc) is 2.96. The monoisotopic (exact) mass is 277 g/mol. The first-order valence-corrected chi connectivity index (χ1v) is 6.29. The van der Waals surface area contributed by atoms with Crippen LogP contribution in [0.1, 0.15) is 37.3 Å². The maximum Gasteiger partial charge on any atom is 0.514 e. The smallest absolute Gasteiger partial charge is 0.398 e. The van der Waals surface area contributed by atoms with E-state index >= 15 is 0 Å². The van der Waals surface area contributed by atoms with Crippen LogP contribution in [0.15, 0.2) is 42.4 Å². The predicted octanol–water partition coefficient (Wildman–Crippen LogP) is 2.17. The maximum absolute atomic E-state index is 8.20. The summed E-state index contributed by atoms with van der Waals surface area (Å²) in [5.41, 5.74) is -1.68. The summed E-state index contributed by atoms with van der Waals surface area (Å²) in [7, 11) is -1.08. The molecule has 0 saturated carbocycles. The normalized spacial score (nSPS) is 25.2. The zero-order valence-electron chi connectivity index (χ0n) is 18.8. The lowest BCUT2D eigenvalue weighted by atomic mass is 9.84. The number of rotatable bonds is 2. The van der Waals surface area contributed by atoms with Crippen LogP contribution in [0.5, 0.6) is 0 Å². The number of para-hydroxylation sites is 1. The van der Waals surface area contributed by atoms with Crippen LogP contribution in [0.4, 0.5) is 0 Å². The van der Waals surface area contributed by atoms with Crippen molar-refractivity contribution in [3.8, 4) is 5.69 Å². The van der Waals surface area contributed by atoms with Crippen molar-refractivity contribution in [3.63, 3.8) is 0 Å². The van der Waals surface area contributed by atoms with Crippen molar-refractivity contribution in [3.05, 3.63) is 42.4 Å². The molecule has 2 heterocycles. The van der Waals surface area contributed by atoms with E-state index in [4.69, 9.17) is 18.9 Å². The fourth-order valence-electron chi connectivity index (χ4n) is 1.87. The van der Waals surface area contributed by atoms with Crippen LogP contribution < -0.4 is 5.59 Å². The molecule has 1 saturated heterocycles. The van der Waals surface area contributed by atoms with Crippen LogP contribution in [-0.4, -0.2) is 28.1 Å². The topological polar surface area (TPSA) is 36.3 Å². The molecule has 1 aliphatic rings. The second kappa shape index (κ2) is 4.47. The summed E-state index contributed by atoms with van der Waals surface area (Å²) >= 11 is 0. The third-order valence-corrected chi connectivity index (χ3v) is 3.74. The molecular formula is C15H19BN2O2. The first-order valence-electron chi connectivity index (χ1n) is 9.79. The largest absolute Gasteiger partial charge is 0.514 e. The van der Waals surface area contributed by atoms with E-state index in [1.165, 1.54) is 0 Å². The Morgan fingerprint density at radius 3 is 2.25 bits per heavy atom. The summed E-state index contributed by atoms with van der Waals surface area (Å²) in [4.78, 5) is 0. The van der Waals surface area contributed by atoms with E-state index in [0.29, 0.717) is 0 Å². The molecule has 0 bridgehead atoms. The molecule has 1 aromatic carbocycles. The van der Waals surface area contributed by atoms with E-state index in [1.807, 2.05) is 27.7 Å². The van der Waals surface area contributed by atoms with Gasteiger partial charge in [0.15, 0.2) is 0 Å². The third kappa shape index (κ3) is 2.07. The summed E-state index contributed by atoms with van der Waals surface area (Å²) in [5, 5.41) is 3.92. The van der Waals surface area contributed by atoms with Gasteiger partial charge in [0, 0.05) is 6.17 Å². The molecule has 0 amide bonds. The molecule has 20 heavy (non-hydrogen) atoms. The standard InChI is InChI=1S/C15H19BN2O2/c1-14(2)15(3,4)20-16(19-14)13-10-11-17-18(13)12-8-6-5-7-9-12/h5-11H,1-4H3/i5D,6D,7D,8D,9D,10D,11D. The Bertz CT molecular complexity index is 900. The number of hydrogen-bond donors (Lipinski definition) is 0. The van der Waals surface area contributed by atoms with Gasteiger partial charge in [-0.25, -0.2) is 4.68 Å².